The quantitative estimate of drug-likeness (QED) is 0.401. The van der Waals surface area contributed by atoms with E-state index in [1.54, 1.807) is 48.6 Å². The van der Waals surface area contributed by atoms with Gasteiger partial charge in [-0.2, -0.15) is 0 Å². The number of allylic oxidation sites excluding steroid dienone is 10. The van der Waals surface area contributed by atoms with Gasteiger partial charge in [-0.3, -0.25) is 0 Å². The fourth-order valence-electron chi connectivity index (χ4n) is 2.99. The zero-order chi connectivity index (χ0) is 19.3. The van der Waals surface area contributed by atoms with Crippen LogP contribution >= 0.6 is 0 Å². The summed E-state index contributed by atoms with van der Waals surface area (Å²) in [5, 5.41) is 62.6. The van der Waals surface area contributed by atoms with E-state index < -0.39 is 35.4 Å². The Balaban J connectivity index is 2.27. The van der Waals surface area contributed by atoms with Crippen LogP contribution in [-0.2, 0) is 0 Å². The predicted molar refractivity (Wildman–Crippen MR) is 98.4 cm³/mol. The molecule has 0 bridgehead atoms. The fourth-order valence-corrected chi connectivity index (χ4v) is 2.99. The second-order valence-electron chi connectivity index (χ2n) is 6.43. The van der Waals surface area contributed by atoms with E-state index in [2.05, 4.69) is 0 Å². The Labute approximate surface area is 152 Å². The third-order valence-electron chi connectivity index (χ3n) is 4.76. The number of rotatable bonds is 6. The van der Waals surface area contributed by atoms with Crippen molar-refractivity contribution in [3.63, 3.8) is 0 Å². The predicted octanol–water partition coefficient (Wildman–Crippen LogP) is 1.87. The number of aliphatic hydroxyl groups is 6. The van der Waals surface area contributed by atoms with E-state index in [9.17, 15) is 30.6 Å². The molecule has 2 aliphatic carbocycles. The molecule has 0 spiro atoms. The lowest BCUT2D eigenvalue weighted by molar-refractivity contribution is -0.148. The molecule has 0 amide bonds. The van der Waals surface area contributed by atoms with Crippen molar-refractivity contribution >= 4 is 0 Å². The van der Waals surface area contributed by atoms with Crippen LogP contribution in [0.25, 0.3) is 0 Å². The fraction of sp³-hybridized carbons (Fsp3) is 0.400. The first-order valence-corrected chi connectivity index (χ1v) is 8.60. The molecule has 2 rings (SSSR count). The maximum atomic E-state index is 10.8. The van der Waals surface area contributed by atoms with E-state index in [4.69, 9.17) is 0 Å². The number of hydrogen-bond donors (Lipinski definition) is 6. The van der Waals surface area contributed by atoms with Gasteiger partial charge in [0.1, 0.15) is 35.4 Å². The third-order valence-corrected chi connectivity index (χ3v) is 4.76. The van der Waals surface area contributed by atoms with Crippen LogP contribution in [0.15, 0.2) is 71.3 Å². The second kappa shape index (κ2) is 8.51. The van der Waals surface area contributed by atoms with E-state index in [1.165, 1.54) is 6.92 Å². The van der Waals surface area contributed by atoms with Gasteiger partial charge < -0.3 is 30.6 Å². The molecule has 0 radical (unpaired) electrons. The smallest absolute Gasteiger partial charge is 0.149 e. The van der Waals surface area contributed by atoms with E-state index in [-0.39, 0.29) is 6.42 Å². The van der Waals surface area contributed by atoms with Gasteiger partial charge in [0, 0.05) is 0 Å². The summed E-state index contributed by atoms with van der Waals surface area (Å²) in [7, 11) is 0. The van der Waals surface area contributed by atoms with Crippen molar-refractivity contribution < 1.29 is 30.6 Å². The highest BCUT2D eigenvalue weighted by atomic mass is 16.4. The van der Waals surface area contributed by atoms with Crippen LogP contribution in [0.3, 0.4) is 0 Å². The first kappa shape index (κ1) is 20.2. The van der Waals surface area contributed by atoms with Crippen LogP contribution in [0.2, 0.25) is 0 Å². The molecule has 0 unspecified atom stereocenters. The Morgan fingerprint density at radius 3 is 1.96 bits per heavy atom. The summed E-state index contributed by atoms with van der Waals surface area (Å²) in [6.45, 7) is 1.54. The summed E-state index contributed by atoms with van der Waals surface area (Å²) in [4.78, 5) is 0. The van der Waals surface area contributed by atoms with E-state index in [1.807, 2.05) is 0 Å². The minimum absolute atomic E-state index is 0.106. The van der Waals surface area contributed by atoms with Gasteiger partial charge in [-0.15, -0.1) is 0 Å². The van der Waals surface area contributed by atoms with E-state index in [0.717, 1.165) is 0 Å². The van der Waals surface area contributed by atoms with Gasteiger partial charge in [0.05, 0.1) is 0 Å². The van der Waals surface area contributed by atoms with Gasteiger partial charge in [0.25, 0.3) is 0 Å². The van der Waals surface area contributed by atoms with Gasteiger partial charge in [0.2, 0.25) is 0 Å². The Morgan fingerprint density at radius 1 is 0.962 bits per heavy atom. The minimum Gasteiger partial charge on any atom is -0.509 e. The minimum atomic E-state index is -2.17. The summed E-state index contributed by atoms with van der Waals surface area (Å²) in [6, 6.07) is 0. The van der Waals surface area contributed by atoms with Crippen molar-refractivity contribution in [1.82, 2.24) is 0 Å². The molecule has 0 fully saturated rings. The average molecular weight is 362 g/mol. The lowest BCUT2D eigenvalue weighted by Crippen LogP contribution is -2.54. The summed E-state index contributed by atoms with van der Waals surface area (Å²) < 4.78 is 0. The van der Waals surface area contributed by atoms with Crippen molar-refractivity contribution in [2.75, 3.05) is 0 Å². The maximum Gasteiger partial charge on any atom is 0.149 e. The molecule has 0 aromatic rings. The molecule has 142 valence electrons. The van der Waals surface area contributed by atoms with E-state index in [0.29, 0.717) is 24.0 Å². The summed E-state index contributed by atoms with van der Waals surface area (Å²) >= 11 is 0. The highest BCUT2D eigenvalue weighted by Gasteiger charge is 2.46. The molecular weight excluding hydrogens is 336 g/mol. The molecule has 6 nitrogen and oxygen atoms in total. The molecule has 0 saturated heterocycles. The van der Waals surface area contributed by atoms with Gasteiger partial charge in [-0.05, 0) is 30.4 Å². The standard InChI is InChI=1S/C20H26O6/c1-2-20(26,18(24)14-11-7-4-8-12-14)19(25)17(23)16(22)15(21)13-9-5-3-6-10-13/h3-9,11,16-17,19,21-26H,2,10,12H2,1H3/t16-,17-,19+,20+/m1/s1. The average Bonchev–Trinajstić information content (AvgIpc) is 2.71. The molecule has 26 heavy (non-hydrogen) atoms. The first-order chi connectivity index (χ1) is 12.3. The molecule has 4 atom stereocenters. The molecule has 6 heteroatoms. The molecule has 6 N–H and O–H groups in total. The highest BCUT2D eigenvalue weighted by Crippen LogP contribution is 2.32. The Kier molecular flexibility index (Phi) is 6.61. The summed E-state index contributed by atoms with van der Waals surface area (Å²) in [6.07, 6.45) is 8.64. The lowest BCUT2D eigenvalue weighted by atomic mass is 9.82. The van der Waals surface area contributed by atoms with Crippen molar-refractivity contribution in [3.05, 3.63) is 71.3 Å². The van der Waals surface area contributed by atoms with Crippen LogP contribution in [0.1, 0.15) is 26.2 Å². The maximum absolute atomic E-state index is 10.8. The van der Waals surface area contributed by atoms with Gasteiger partial charge >= 0.3 is 0 Å². The normalized spacial score (nSPS) is 26.2. The van der Waals surface area contributed by atoms with E-state index >= 15 is 0 Å². The van der Waals surface area contributed by atoms with Crippen molar-refractivity contribution in [1.29, 1.82) is 0 Å². The second-order valence-corrected chi connectivity index (χ2v) is 6.43. The largest absolute Gasteiger partial charge is 0.509 e. The number of aliphatic hydroxyl groups excluding tert-OH is 5. The Bertz CT molecular complexity index is 697. The van der Waals surface area contributed by atoms with Gasteiger partial charge in [-0.1, -0.05) is 55.5 Å². The molecule has 0 aliphatic heterocycles. The van der Waals surface area contributed by atoms with Crippen LogP contribution < -0.4 is 0 Å². The van der Waals surface area contributed by atoms with Crippen molar-refractivity contribution in [2.24, 2.45) is 0 Å². The molecule has 2 aliphatic rings. The molecule has 0 saturated carbocycles. The molecule has 0 heterocycles. The molecule has 0 aromatic carbocycles. The van der Waals surface area contributed by atoms with Crippen LogP contribution in [0.4, 0.5) is 0 Å². The topological polar surface area (TPSA) is 121 Å². The lowest BCUT2D eigenvalue weighted by Gasteiger charge is -2.36. The van der Waals surface area contributed by atoms with Crippen molar-refractivity contribution in [3.8, 4) is 0 Å². The molecule has 0 aromatic heterocycles. The molecular formula is C20H26O6. The Hall–Kier alpha value is -2.12. The first-order valence-electron chi connectivity index (χ1n) is 8.60. The zero-order valence-corrected chi connectivity index (χ0v) is 14.7. The van der Waals surface area contributed by atoms with Crippen LogP contribution in [-0.4, -0.2) is 54.6 Å². The SMILES string of the molecule is CC[C@](O)(C(O)=C1C=CC=CC1)[C@@H](O)[C@H](O)[C@H](O)C(O)=C1C=CC=CC1. The zero-order valence-electron chi connectivity index (χ0n) is 14.7. The van der Waals surface area contributed by atoms with Gasteiger partial charge in [0.15, 0.2) is 0 Å². The monoisotopic (exact) mass is 362 g/mol. The van der Waals surface area contributed by atoms with Crippen LogP contribution in [0.5, 0.6) is 0 Å². The van der Waals surface area contributed by atoms with Crippen molar-refractivity contribution in [2.45, 2.75) is 50.1 Å². The summed E-state index contributed by atoms with van der Waals surface area (Å²) in [5.74, 6) is -0.949. The van der Waals surface area contributed by atoms with Gasteiger partial charge in [-0.25, -0.2) is 0 Å². The van der Waals surface area contributed by atoms with Crippen LogP contribution in [0, 0.1) is 0 Å². The number of hydrogen-bond acceptors (Lipinski definition) is 6. The summed E-state index contributed by atoms with van der Waals surface area (Å²) in [5.41, 5.74) is -1.37. The highest BCUT2D eigenvalue weighted by molar-refractivity contribution is 5.36. The Morgan fingerprint density at radius 2 is 1.50 bits per heavy atom. The third kappa shape index (κ3) is 3.99.